The molecular weight excluding hydrogens is 292 g/mol. The Hall–Kier alpha value is -0.620. The molecular formula is C10H15BrN2O2S. The second-order valence-electron chi connectivity index (χ2n) is 4.04. The molecule has 1 heterocycles. The molecule has 16 heavy (non-hydrogen) atoms. The predicted molar refractivity (Wildman–Crippen MR) is 68.9 cm³/mol. The summed E-state index contributed by atoms with van der Waals surface area (Å²) < 4.78 is 26.6. The highest BCUT2D eigenvalue weighted by molar-refractivity contribution is 9.10. The molecule has 0 aromatic carbocycles. The first-order chi connectivity index (χ1) is 7.30. The van der Waals surface area contributed by atoms with Gasteiger partial charge < -0.3 is 0 Å². The second-order valence-corrected chi connectivity index (χ2v) is 6.62. The number of aryl methyl sites for hydroxylation is 1. The molecule has 1 aromatic heterocycles. The molecule has 0 bridgehead atoms. The molecule has 4 nitrogen and oxygen atoms in total. The second kappa shape index (κ2) is 5.14. The van der Waals surface area contributed by atoms with E-state index in [-0.39, 0.29) is 11.7 Å². The third-order valence-corrected chi connectivity index (χ3v) is 3.95. The minimum absolute atomic E-state index is 0.0983. The first-order valence-electron chi connectivity index (χ1n) is 4.94. The zero-order chi connectivity index (χ0) is 12.3. The van der Waals surface area contributed by atoms with Gasteiger partial charge in [-0.2, -0.15) is 0 Å². The summed E-state index contributed by atoms with van der Waals surface area (Å²) >= 11 is 3.23. The molecule has 6 heteroatoms. The highest BCUT2D eigenvalue weighted by Crippen LogP contribution is 2.18. The average molecular weight is 307 g/mol. The number of hydrogen-bond donors (Lipinski definition) is 1. The lowest BCUT2D eigenvalue weighted by Crippen LogP contribution is -2.20. The minimum Gasteiger partial charge on any atom is -0.282 e. The molecule has 0 spiro atoms. The van der Waals surface area contributed by atoms with Crippen molar-refractivity contribution in [3.8, 4) is 0 Å². The maximum absolute atomic E-state index is 11.7. The molecule has 0 saturated heterocycles. The molecule has 0 amide bonds. The van der Waals surface area contributed by atoms with E-state index >= 15 is 0 Å². The smallest absolute Gasteiger partial charge is 0.233 e. The van der Waals surface area contributed by atoms with Crippen molar-refractivity contribution in [3.63, 3.8) is 0 Å². The van der Waals surface area contributed by atoms with Crippen LogP contribution in [0.25, 0.3) is 0 Å². The van der Waals surface area contributed by atoms with Gasteiger partial charge in [0, 0.05) is 0 Å². The van der Waals surface area contributed by atoms with Crippen LogP contribution in [-0.2, 0) is 10.0 Å². The van der Waals surface area contributed by atoms with Gasteiger partial charge in [0.15, 0.2) is 0 Å². The SMILES string of the molecule is Cc1nc(Br)ccc1NS(=O)(=O)CC(C)C. The highest BCUT2D eigenvalue weighted by atomic mass is 79.9. The van der Waals surface area contributed by atoms with Crippen LogP contribution >= 0.6 is 15.9 Å². The van der Waals surface area contributed by atoms with Crippen LogP contribution in [0.15, 0.2) is 16.7 Å². The van der Waals surface area contributed by atoms with Crippen LogP contribution in [0.4, 0.5) is 5.69 Å². The van der Waals surface area contributed by atoms with E-state index in [9.17, 15) is 8.42 Å². The van der Waals surface area contributed by atoms with Crippen LogP contribution in [0.1, 0.15) is 19.5 Å². The molecule has 90 valence electrons. The number of halogens is 1. The van der Waals surface area contributed by atoms with Crippen molar-refractivity contribution < 1.29 is 8.42 Å². The Morgan fingerprint density at radius 1 is 1.44 bits per heavy atom. The topological polar surface area (TPSA) is 59.1 Å². The van der Waals surface area contributed by atoms with E-state index < -0.39 is 10.0 Å². The van der Waals surface area contributed by atoms with Gasteiger partial charge in [-0.15, -0.1) is 0 Å². The van der Waals surface area contributed by atoms with Gasteiger partial charge in [-0.3, -0.25) is 4.72 Å². The summed E-state index contributed by atoms with van der Waals surface area (Å²) in [6.45, 7) is 5.50. The molecule has 0 atom stereocenters. The average Bonchev–Trinajstić information content (AvgIpc) is 2.07. The molecule has 0 radical (unpaired) electrons. The van der Waals surface area contributed by atoms with Gasteiger partial charge in [0.1, 0.15) is 4.60 Å². The number of nitrogens with zero attached hydrogens (tertiary/aromatic N) is 1. The van der Waals surface area contributed by atoms with Crippen LogP contribution in [-0.4, -0.2) is 19.2 Å². The van der Waals surface area contributed by atoms with Crippen LogP contribution < -0.4 is 4.72 Å². The van der Waals surface area contributed by atoms with E-state index in [1.165, 1.54) is 0 Å². The maximum Gasteiger partial charge on any atom is 0.233 e. The van der Waals surface area contributed by atoms with E-state index in [1.54, 1.807) is 19.1 Å². The van der Waals surface area contributed by atoms with Crippen molar-refractivity contribution in [1.82, 2.24) is 4.98 Å². The van der Waals surface area contributed by atoms with E-state index in [0.717, 1.165) is 0 Å². The van der Waals surface area contributed by atoms with Gasteiger partial charge in [0.2, 0.25) is 10.0 Å². The van der Waals surface area contributed by atoms with E-state index in [2.05, 4.69) is 25.6 Å². The van der Waals surface area contributed by atoms with E-state index in [0.29, 0.717) is 16.0 Å². The fourth-order valence-electron chi connectivity index (χ4n) is 1.29. The maximum atomic E-state index is 11.7. The highest BCUT2D eigenvalue weighted by Gasteiger charge is 2.14. The Bertz CT molecular complexity index is 472. The predicted octanol–water partition coefficient (Wildman–Crippen LogP) is 2.55. The monoisotopic (exact) mass is 306 g/mol. The zero-order valence-electron chi connectivity index (χ0n) is 9.49. The van der Waals surface area contributed by atoms with Crippen molar-refractivity contribution >= 4 is 31.6 Å². The first-order valence-corrected chi connectivity index (χ1v) is 7.38. The number of anilines is 1. The number of aromatic nitrogens is 1. The molecule has 0 saturated carbocycles. The first kappa shape index (κ1) is 13.4. The molecule has 0 aliphatic carbocycles. The fraction of sp³-hybridized carbons (Fsp3) is 0.500. The lowest BCUT2D eigenvalue weighted by atomic mass is 10.3. The largest absolute Gasteiger partial charge is 0.282 e. The van der Waals surface area contributed by atoms with Crippen molar-refractivity contribution in [3.05, 3.63) is 22.4 Å². The number of rotatable bonds is 4. The lowest BCUT2D eigenvalue weighted by Gasteiger charge is -2.11. The van der Waals surface area contributed by atoms with Gasteiger partial charge in [0.25, 0.3) is 0 Å². The normalized spacial score (nSPS) is 11.8. The third kappa shape index (κ3) is 4.09. The van der Waals surface area contributed by atoms with Crippen LogP contribution in [0.3, 0.4) is 0 Å². The van der Waals surface area contributed by atoms with Gasteiger partial charge >= 0.3 is 0 Å². The molecule has 1 aromatic rings. The van der Waals surface area contributed by atoms with Gasteiger partial charge in [0.05, 0.1) is 17.1 Å². The Kier molecular flexibility index (Phi) is 4.32. The van der Waals surface area contributed by atoms with E-state index in [1.807, 2.05) is 13.8 Å². The summed E-state index contributed by atoms with van der Waals surface area (Å²) in [6, 6.07) is 3.41. The molecule has 0 fully saturated rings. The van der Waals surface area contributed by atoms with Crippen molar-refractivity contribution in [1.29, 1.82) is 0 Å². The molecule has 0 aliphatic rings. The lowest BCUT2D eigenvalue weighted by molar-refractivity contribution is 0.587. The summed E-state index contributed by atoms with van der Waals surface area (Å²) in [5, 5.41) is 0. The third-order valence-electron chi connectivity index (χ3n) is 1.87. The Morgan fingerprint density at radius 3 is 2.56 bits per heavy atom. The minimum atomic E-state index is -3.27. The van der Waals surface area contributed by atoms with Gasteiger partial charge in [-0.1, -0.05) is 13.8 Å². The number of nitrogens with one attached hydrogen (secondary N) is 1. The van der Waals surface area contributed by atoms with Crippen molar-refractivity contribution in [2.75, 3.05) is 10.5 Å². The Labute approximate surface area is 105 Å². The molecule has 1 rings (SSSR count). The van der Waals surface area contributed by atoms with Gasteiger partial charge in [-0.05, 0) is 40.9 Å². The Balaban J connectivity index is 2.88. The fourth-order valence-corrected chi connectivity index (χ4v) is 3.20. The molecule has 0 aliphatic heterocycles. The van der Waals surface area contributed by atoms with Crippen molar-refractivity contribution in [2.24, 2.45) is 5.92 Å². The van der Waals surface area contributed by atoms with Crippen LogP contribution in [0, 0.1) is 12.8 Å². The summed E-state index contributed by atoms with van der Waals surface area (Å²) in [5.74, 6) is 0.212. The molecule has 1 N–H and O–H groups in total. The summed E-state index contributed by atoms with van der Waals surface area (Å²) in [5.41, 5.74) is 1.19. The summed E-state index contributed by atoms with van der Waals surface area (Å²) in [7, 11) is -3.27. The standard InChI is InChI=1S/C10H15BrN2O2S/c1-7(2)6-16(14,15)13-9-4-5-10(11)12-8(9)3/h4-5,7,13H,6H2,1-3H3. The van der Waals surface area contributed by atoms with Gasteiger partial charge in [-0.25, -0.2) is 13.4 Å². The van der Waals surface area contributed by atoms with E-state index in [4.69, 9.17) is 0 Å². The number of sulfonamides is 1. The van der Waals surface area contributed by atoms with Crippen LogP contribution in [0.2, 0.25) is 0 Å². The zero-order valence-corrected chi connectivity index (χ0v) is 11.9. The van der Waals surface area contributed by atoms with Crippen LogP contribution in [0.5, 0.6) is 0 Å². The summed E-state index contributed by atoms with van der Waals surface area (Å²) in [4.78, 5) is 4.13. The number of pyridine rings is 1. The molecule has 0 unspecified atom stereocenters. The van der Waals surface area contributed by atoms with Crippen molar-refractivity contribution in [2.45, 2.75) is 20.8 Å². The summed E-state index contributed by atoms with van der Waals surface area (Å²) in [6.07, 6.45) is 0. The number of hydrogen-bond acceptors (Lipinski definition) is 3. The quantitative estimate of drug-likeness (QED) is 0.870. The Morgan fingerprint density at radius 2 is 2.06 bits per heavy atom.